The monoisotopic (exact) mass is 444 g/mol. The third-order valence-corrected chi connectivity index (χ3v) is 7.88. The Balaban J connectivity index is 1.65. The van der Waals surface area contributed by atoms with Crippen molar-refractivity contribution in [3.8, 4) is 5.75 Å². The van der Waals surface area contributed by atoms with Crippen molar-refractivity contribution in [2.45, 2.75) is 37.6 Å². The van der Waals surface area contributed by atoms with Crippen LogP contribution < -0.4 is 10.1 Å². The van der Waals surface area contributed by atoms with Gasteiger partial charge in [0.15, 0.2) is 5.13 Å². The van der Waals surface area contributed by atoms with Crippen molar-refractivity contribution in [3.05, 3.63) is 58.7 Å². The standard InChI is InChI=1S/C21H24N4O3S2/c1-14-9-10-18(28-3)19(12-14)30(26,27)25-11-5-7-17(25)16-6-4-8-20(23-16)24-21-22-15(2)13-29-21/h4,6,8-10,12-13,17H,5,7,11H2,1-3H3,(H,22,23,24). The Morgan fingerprint density at radius 2 is 2.03 bits per heavy atom. The lowest BCUT2D eigenvalue weighted by Gasteiger charge is -2.25. The number of hydrogen-bond donors (Lipinski definition) is 1. The Hall–Kier alpha value is -2.49. The van der Waals surface area contributed by atoms with Crippen molar-refractivity contribution in [2.75, 3.05) is 19.0 Å². The number of pyridine rings is 1. The van der Waals surface area contributed by atoms with Crippen LogP contribution in [0.4, 0.5) is 10.9 Å². The molecule has 3 aromatic rings. The summed E-state index contributed by atoms with van der Waals surface area (Å²) in [6, 6.07) is 10.5. The van der Waals surface area contributed by atoms with Gasteiger partial charge in [0, 0.05) is 11.9 Å². The summed E-state index contributed by atoms with van der Waals surface area (Å²) < 4.78 is 33.9. The summed E-state index contributed by atoms with van der Waals surface area (Å²) in [5.41, 5.74) is 2.54. The fourth-order valence-corrected chi connectivity index (χ4v) is 6.27. The number of thiazole rings is 1. The zero-order chi connectivity index (χ0) is 21.3. The average Bonchev–Trinajstić information content (AvgIpc) is 3.38. The Kier molecular flexibility index (Phi) is 5.77. The first-order valence-corrected chi connectivity index (χ1v) is 12.0. The van der Waals surface area contributed by atoms with Crippen molar-refractivity contribution >= 4 is 32.3 Å². The average molecular weight is 445 g/mol. The number of methoxy groups -OCH3 is 1. The van der Waals surface area contributed by atoms with E-state index in [1.165, 1.54) is 18.4 Å². The van der Waals surface area contributed by atoms with Crippen LogP contribution in [0.3, 0.4) is 0 Å². The van der Waals surface area contributed by atoms with E-state index in [1.54, 1.807) is 16.4 Å². The SMILES string of the molecule is COc1ccc(C)cc1S(=O)(=O)N1CCCC1c1cccc(Nc2nc(C)cs2)n1. The number of anilines is 2. The highest BCUT2D eigenvalue weighted by molar-refractivity contribution is 7.89. The molecule has 0 amide bonds. The van der Waals surface area contributed by atoms with E-state index in [4.69, 9.17) is 9.72 Å². The Morgan fingerprint density at radius 1 is 1.20 bits per heavy atom. The van der Waals surface area contributed by atoms with Gasteiger partial charge in [-0.1, -0.05) is 12.1 Å². The van der Waals surface area contributed by atoms with Crippen LogP contribution >= 0.6 is 11.3 Å². The third-order valence-electron chi connectivity index (χ3n) is 5.08. The summed E-state index contributed by atoms with van der Waals surface area (Å²) in [6.45, 7) is 4.26. The molecule has 1 fully saturated rings. The van der Waals surface area contributed by atoms with Crippen molar-refractivity contribution in [2.24, 2.45) is 0 Å². The highest BCUT2D eigenvalue weighted by Crippen LogP contribution is 2.38. The molecule has 1 aliphatic rings. The minimum absolute atomic E-state index is 0.199. The van der Waals surface area contributed by atoms with Crippen molar-refractivity contribution in [1.29, 1.82) is 0 Å². The summed E-state index contributed by atoms with van der Waals surface area (Å²) in [5, 5.41) is 5.93. The molecule has 1 atom stereocenters. The number of aromatic nitrogens is 2. The summed E-state index contributed by atoms with van der Waals surface area (Å²) in [7, 11) is -2.24. The van der Waals surface area contributed by atoms with Crippen LogP contribution in [0.15, 0.2) is 46.7 Å². The highest BCUT2D eigenvalue weighted by Gasteiger charge is 2.38. The van der Waals surface area contributed by atoms with Gasteiger partial charge in [0.25, 0.3) is 0 Å². The zero-order valence-electron chi connectivity index (χ0n) is 17.1. The van der Waals surface area contributed by atoms with Crippen LogP contribution in [0.25, 0.3) is 0 Å². The van der Waals surface area contributed by atoms with E-state index in [0.717, 1.165) is 34.9 Å². The van der Waals surface area contributed by atoms with Crippen molar-refractivity contribution in [3.63, 3.8) is 0 Å². The fraction of sp³-hybridized carbons (Fsp3) is 0.333. The van der Waals surface area contributed by atoms with Crippen molar-refractivity contribution in [1.82, 2.24) is 14.3 Å². The topological polar surface area (TPSA) is 84.4 Å². The minimum atomic E-state index is -3.73. The van der Waals surface area contributed by atoms with Gasteiger partial charge in [0.2, 0.25) is 10.0 Å². The number of rotatable bonds is 6. The second kappa shape index (κ2) is 8.33. The quantitative estimate of drug-likeness (QED) is 0.605. The molecule has 158 valence electrons. The molecule has 1 unspecified atom stereocenters. The van der Waals surface area contributed by atoms with Crippen LogP contribution in [0.2, 0.25) is 0 Å². The number of sulfonamides is 1. The molecule has 1 N–H and O–H groups in total. The predicted octanol–water partition coefficient (Wildman–Crippen LogP) is 4.43. The molecule has 0 bridgehead atoms. The lowest BCUT2D eigenvalue weighted by Crippen LogP contribution is -2.31. The molecule has 9 heteroatoms. The van der Waals surface area contributed by atoms with Crippen LogP contribution in [-0.4, -0.2) is 36.3 Å². The summed E-state index contributed by atoms with van der Waals surface area (Å²) in [6.07, 6.45) is 1.50. The smallest absolute Gasteiger partial charge is 0.247 e. The molecule has 2 aromatic heterocycles. The van der Waals surface area contributed by atoms with Gasteiger partial charge in [-0.05, 0) is 56.5 Å². The Labute approximate surface area is 180 Å². The molecule has 4 rings (SSSR count). The number of nitrogens with one attached hydrogen (secondary N) is 1. The normalized spacial score (nSPS) is 17.2. The van der Waals surface area contributed by atoms with Gasteiger partial charge in [-0.25, -0.2) is 18.4 Å². The second-order valence-electron chi connectivity index (χ2n) is 7.29. The van der Waals surface area contributed by atoms with E-state index in [0.29, 0.717) is 18.1 Å². The number of benzene rings is 1. The first-order valence-electron chi connectivity index (χ1n) is 9.71. The lowest BCUT2D eigenvalue weighted by molar-refractivity contribution is 0.377. The lowest BCUT2D eigenvalue weighted by atomic mass is 10.1. The van der Waals surface area contributed by atoms with Crippen LogP contribution in [0.5, 0.6) is 5.75 Å². The highest BCUT2D eigenvalue weighted by atomic mass is 32.2. The third kappa shape index (κ3) is 4.05. The van der Waals surface area contributed by atoms with Crippen LogP contribution in [0, 0.1) is 13.8 Å². The maximum absolute atomic E-state index is 13.5. The van der Waals surface area contributed by atoms with Crippen LogP contribution in [-0.2, 0) is 10.0 Å². The number of ether oxygens (including phenoxy) is 1. The molecule has 0 radical (unpaired) electrons. The minimum Gasteiger partial charge on any atom is -0.495 e. The number of hydrogen-bond acceptors (Lipinski definition) is 7. The molecule has 1 aromatic carbocycles. The van der Waals surface area contributed by atoms with E-state index < -0.39 is 10.0 Å². The predicted molar refractivity (Wildman–Crippen MR) is 118 cm³/mol. The van der Waals surface area contributed by atoms with Gasteiger partial charge < -0.3 is 10.1 Å². The Morgan fingerprint density at radius 3 is 2.77 bits per heavy atom. The summed E-state index contributed by atoms with van der Waals surface area (Å²) in [5.74, 6) is 1.01. The zero-order valence-corrected chi connectivity index (χ0v) is 18.8. The molecular formula is C21H24N4O3S2. The molecule has 0 spiro atoms. The molecule has 30 heavy (non-hydrogen) atoms. The van der Waals surface area contributed by atoms with Gasteiger partial charge in [-0.3, -0.25) is 0 Å². The largest absolute Gasteiger partial charge is 0.495 e. The van der Waals surface area contributed by atoms with Crippen molar-refractivity contribution < 1.29 is 13.2 Å². The van der Waals surface area contributed by atoms with Gasteiger partial charge in [-0.15, -0.1) is 11.3 Å². The van der Waals surface area contributed by atoms with Crippen LogP contribution in [0.1, 0.15) is 35.8 Å². The molecule has 1 aliphatic heterocycles. The molecule has 0 aliphatic carbocycles. The molecule has 1 saturated heterocycles. The van der Waals surface area contributed by atoms with Gasteiger partial charge in [0.05, 0.1) is 24.5 Å². The first kappa shape index (κ1) is 20.8. The van der Waals surface area contributed by atoms with E-state index >= 15 is 0 Å². The molecule has 7 nitrogen and oxygen atoms in total. The van der Waals surface area contributed by atoms with Gasteiger partial charge in [-0.2, -0.15) is 4.31 Å². The number of nitrogens with zero attached hydrogens (tertiary/aromatic N) is 3. The van der Waals surface area contributed by atoms with Gasteiger partial charge >= 0.3 is 0 Å². The summed E-state index contributed by atoms with van der Waals surface area (Å²) >= 11 is 1.51. The maximum atomic E-state index is 13.5. The van der Waals surface area contributed by atoms with E-state index in [1.807, 2.05) is 43.5 Å². The second-order valence-corrected chi connectivity index (χ2v) is 10.0. The molecule has 0 saturated carbocycles. The molecule has 3 heterocycles. The van der Waals surface area contributed by atoms with E-state index in [9.17, 15) is 8.42 Å². The Bertz CT molecular complexity index is 1160. The molecular weight excluding hydrogens is 420 g/mol. The summed E-state index contributed by atoms with van der Waals surface area (Å²) in [4.78, 5) is 9.30. The van der Waals surface area contributed by atoms with Gasteiger partial charge in [0.1, 0.15) is 16.5 Å². The van der Waals surface area contributed by atoms with E-state index in [2.05, 4.69) is 10.3 Å². The fourth-order valence-electron chi connectivity index (χ4n) is 3.66. The number of aryl methyl sites for hydroxylation is 2. The maximum Gasteiger partial charge on any atom is 0.247 e. The first-order chi connectivity index (χ1) is 14.4. The van der Waals surface area contributed by atoms with E-state index in [-0.39, 0.29) is 10.9 Å².